The van der Waals surface area contributed by atoms with Crippen LogP contribution in [0.2, 0.25) is 0 Å². The highest BCUT2D eigenvalue weighted by Crippen LogP contribution is 2.31. The lowest BCUT2D eigenvalue weighted by Crippen LogP contribution is -2.29. The first kappa shape index (κ1) is 18.2. The lowest BCUT2D eigenvalue weighted by molar-refractivity contribution is 0.102. The molecule has 1 aromatic heterocycles. The third-order valence-electron chi connectivity index (χ3n) is 5.17. The van der Waals surface area contributed by atoms with Crippen molar-refractivity contribution < 1.29 is 9.18 Å². The number of aromatic nitrogens is 2. The molecule has 1 saturated heterocycles. The van der Waals surface area contributed by atoms with Crippen LogP contribution in [0.4, 0.5) is 15.8 Å². The summed E-state index contributed by atoms with van der Waals surface area (Å²) in [4.78, 5) is 14.9. The summed E-state index contributed by atoms with van der Waals surface area (Å²) in [5.74, 6) is -1.04. The summed E-state index contributed by atoms with van der Waals surface area (Å²) in [6, 6.07) is 14.1. The molecule has 1 aliphatic heterocycles. The fourth-order valence-electron chi connectivity index (χ4n) is 3.60. The Bertz CT molecular complexity index is 974. The number of aromatic amines is 1. The van der Waals surface area contributed by atoms with Gasteiger partial charge in [-0.15, -0.1) is 0 Å². The molecule has 144 valence electrons. The van der Waals surface area contributed by atoms with Gasteiger partial charge in [0.1, 0.15) is 11.5 Å². The molecule has 0 bridgehead atoms. The van der Waals surface area contributed by atoms with Gasteiger partial charge in [-0.1, -0.05) is 24.3 Å². The molecule has 4 rings (SSSR count). The molecule has 0 aliphatic carbocycles. The number of aryl methyl sites for hydroxylation is 1. The van der Waals surface area contributed by atoms with E-state index >= 15 is 0 Å². The van der Waals surface area contributed by atoms with Crippen molar-refractivity contribution >= 4 is 17.3 Å². The highest BCUT2D eigenvalue weighted by molar-refractivity contribution is 6.06. The van der Waals surface area contributed by atoms with E-state index in [1.165, 1.54) is 37.1 Å². The summed E-state index contributed by atoms with van der Waals surface area (Å²) >= 11 is 0. The monoisotopic (exact) mass is 378 g/mol. The van der Waals surface area contributed by atoms with Crippen LogP contribution >= 0.6 is 0 Å². The minimum absolute atomic E-state index is 0.00879. The van der Waals surface area contributed by atoms with Crippen LogP contribution in [0.1, 0.15) is 35.3 Å². The maximum Gasteiger partial charge on any atom is 0.258 e. The second-order valence-corrected chi connectivity index (χ2v) is 7.10. The zero-order valence-electron chi connectivity index (χ0n) is 15.8. The molecule has 28 heavy (non-hydrogen) atoms. The molecule has 1 amide bonds. The van der Waals surface area contributed by atoms with Gasteiger partial charge in [-0.25, -0.2) is 4.39 Å². The summed E-state index contributed by atoms with van der Waals surface area (Å²) in [7, 11) is 0. The van der Waals surface area contributed by atoms with E-state index in [9.17, 15) is 9.18 Å². The van der Waals surface area contributed by atoms with E-state index in [0.717, 1.165) is 24.3 Å². The van der Waals surface area contributed by atoms with Gasteiger partial charge in [0.15, 0.2) is 0 Å². The smallest absolute Gasteiger partial charge is 0.258 e. The molecule has 0 radical (unpaired) electrons. The van der Waals surface area contributed by atoms with Crippen LogP contribution in [0.25, 0.3) is 11.3 Å². The summed E-state index contributed by atoms with van der Waals surface area (Å²) < 4.78 is 13.9. The predicted molar refractivity (Wildman–Crippen MR) is 109 cm³/mol. The second-order valence-electron chi connectivity index (χ2n) is 7.10. The number of rotatable bonds is 4. The van der Waals surface area contributed by atoms with Crippen LogP contribution in [-0.4, -0.2) is 29.2 Å². The summed E-state index contributed by atoms with van der Waals surface area (Å²) in [6.45, 7) is 4.01. The molecule has 6 heteroatoms. The Morgan fingerprint density at radius 2 is 1.79 bits per heavy atom. The van der Waals surface area contributed by atoms with Crippen molar-refractivity contribution in [1.82, 2.24) is 10.2 Å². The molecular weight excluding hydrogens is 355 g/mol. The topological polar surface area (TPSA) is 61.0 Å². The van der Waals surface area contributed by atoms with Crippen molar-refractivity contribution in [2.45, 2.75) is 26.2 Å². The van der Waals surface area contributed by atoms with Crippen LogP contribution in [-0.2, 0) is 0 Å². The average Bonchev–Trinajstić information content (AvgIpc) is 3.09. The van der Waals surface area contributed by atoms with Crippen molar-refractivity contribution in [3.8, 4) is 11.3 Å². The fraction of sp³-hybridized carbons (Fsp3) is 0.273. The zero-order valence-corrected chi connectivity index (χ0v) is 15.8. The lowest BCUT2D eigenvalue weighted by Gasteiger charge is -2.28. The minimum Gasteiger partial charge on any atom is -0.372 e. The maximum atomic E-state index is 13.9. The standard InChI is InChI=1S/C22H23FN4O/c1-15-20(24-22(28)18-7-3-4-8-19(18)23)21(26-25-15)16-9-11-17(12-10-16)27-13-5-2-6-14-27/h3-4,7-12H,2,5-6,13-14H2,1H3,(H,24,28)(H,25,26). The highest BCUT2D eigenvalue weighted by Gasteiger charge is 2.18. The van der Waals surface area contributed by atoms with E-state index in [-0.39, 0.29) is 5.56 Å². The Hall–Kier alpha value is -3.15. The van der Waals surface area contributed by atoms with E-state index in [1.54, 1.807) is 12.1 Å². The van der Waals surface area contributed by atoms with E-state index in [2.05, 4.69) is 32.5 Å². The normalized spacial score (nSPS) is 14.1. The second kappa shape index (κ2) is 7.84. The number of hydrogen-bond donors (Lipinski definition) is 2. The van der Waals surface area contributed by atoms with Crippen molar-refractivity contribution in [2.75, 3.05) is 23.3 Å². The number of nitrogens with one attached hydrogen (secondary N) is 2. The van der Waals surface area contributed by atoms with Crippen LogP contribution in [0, 0.1) is 12.7 Å². The van der Waals surface area contributed by atoms with Gasteiger partial charge >= 0.3 is 0 Å². The number of amides is 1. The molecule has 2 heterocycles. The summed E-state index contributed by atoms with van der Waals surface area (Å²) in [5.41, 5.74) is 4.04. The molecule has 2 aromatic carbocycles. The van der Waals surface area contributed by atoms with Gasteiger partial charge in [0.25, 0.3) is 5.91 Å². The number of carbonyl (C=O) groups excluding carboxylic acids is 1. The number of carbonyl (C=O) groups is 1. The van der Waals surface area contributed by atoms with Gasteiger partial charge in [-0.2, -0.15) is 5.10 Å². The van der Waals surface area contributed by atoms with Gasteiger partial charge < -0.3 is 10.2 Å². The quantitative estimate of drug-likeness (QED) is 0.688. The Labute approximate surface area is 163 Å². The molecule has 5 nitrogen and oxygen atoms in total. The average molecular weight is 378 g/mol. The van der Waals surface area contributed by atoms with Crippen molar-refractivity contribution in [1.29, 1.82) is 0 Å². The van der Waals surface area contributed by atoms with Gasteiger partial charge in [-0.05, 0) is 50.5 Å². The largest absolute Gasteiger partial charge is 0.372 e. The minimum atomic E-state index is -0.548. The number of piperidine rings is 1. The third kappa shape index (κ3) is 3.63. The van der Waals surface area contributed by atoms with E-state index < -0.39 is 11.7 Å². The number of anilines is 2. The highest BCUT2D eigenvalue weighted by atomic mass is 19.1. The molecule has 1 fully saturated rings. The van der Waals surface area contributed by atoms with Crippen LogP contribution in [0.5, 0.6) is 0 Å². The number of hydrogen-bond acceptors (Lipinski definition) is 3. The first-order valence-corrected chi connectivity index (χ1v) is 9.60. The Kier molecular flexibility index (Phi) is 5.10. The summed E-state index contributed by atoms with van der Waals surface area (Å²) in [5, 5.41) is 10.1. The molecule has 0 saturated carbocycles. The molecule has 3 aromatic rings. The van der Waals surface area contributed by atoms with Crippen LogP contribution in [0.3, 0.4) is 0 Å². The Morgan fingerprint density at radius 1 is 1.07 bits per heavy atom. The lowest BCUT2D eigenvalue weighted by atomic mass is 10.1. The molecule has 0 unspecified atom stereocenters. The number of benzene rings is 2. The van der Waals surface area contributed by atoms with Gasteiger partial charge in [0.05, 0.1) is 16.9 Å². The van der Waals surface area contributed by atoms with Crippen molar-refractivity contribution in [3.05, 3.63) is 65.6 Å². The van der Waals surface area contributed by atoms with E-state index in [4.69, 9.17) is 0 Å². The van der Waals surface area contributed by atoms with Crippen LogP contribution < -0.4 is 10.2 Å². The fourth-order valence-corrected chi connectivity index (χ4v) is 3.60. The third-order valence-corrected chi connectivity index (χ3v) is 5.17. The number of nitrogens with zero attached hydrogens (tertiary/aromatic N) is 2. The molecule has 2 N–H and O–H groups in total. The van der Waals surface area contributed by atoms with Crippen LogP contribution in [0.15, 0.2) is 48.5 Å². The zero-order chi connectivity index (χ0) is 19.5. The summed E-state index contributed by atoms with van der Waals surface area (Å²) in [6.07, 6.45) is 3.76. The first-order valence-electron chi connectivity index (χ1n) is 9.60. The number of H-pyrrole nitrogens is 1. The first-order chi connectivity index (χ1) is 13.6. The van der Waals surface area contributed by atoms with Gasteiger partial charge in [-0.3, -0.25) is 9.89 Å². The van der Waals surface area contributed by atoms with Crippen molar-refractivity contribution in [2.24, 2.45) is 0 Å². The predicted octanol–water partition coefficient (Wildman–Crippen LogP) is 4.77. The van der Waals surface area contributed by atoms with Gasteiger partial charge in [0.2, 0.25) is 0 Å². The maximum absolute atomic E-state index is 13.9. The van der Waals surface area contributed by atoms with E-state index in [1.807, 2.05) is 19.1 Å². The SMILES string of the molecule is Cc1[nH]nc(-c2ccc(N3CCCCC3)cc2)c1NC(=O)c1ccccc1F. The number of halogens is 1. The molecule has 0 spiro atoms. The van der Waals surface area contributed by atoms with Crippen molar-refractivity contribution in [3.63, 3.8) is 0 Å². The molecular formula is C22H23FN4O. The molecule has 1 aliphatic rings. The van der Waals surface area contributed by atoms with E-state index in [0.29, 0.717) is 11.4 Å². The molecule has 0 atom stereocenters. The Morgan fingerprint density at radius 3 is 2.50 bits per heavy atom. The Balaban J connectivity index is 1.58. The van der Waals surface area contributed by atoms with Gasteiger partial charge in [0, 0.05) is 24.3 Å².